The van der Waals surface area contributed by atoms with Gasteiger partial charge in [0.25, 0.3) is 0 Å². The van der Waals surface area contributed by atoms with Gasteiger partial charge in [-0.05, 0) is 49.7 Å². The van der Waals surface area contributed by atoms with E-state index in [1.165, 1.54) is 56.3 Å². The summed E-state index contributed by atoms with van der Waals surface area (Å²) in [5.41, 5.74) is 1.12. The summed E-state index contributed by atoms with van der Waals surface area (Å²) in [4.78, 5) is 18.7. The van der Waals surface area contributed by atoms with E-state index in [-0.39, 0.29) is 5.91 Å². The quantitative estimate of drug-likeness (QED) is 0.532. The average molecular weight is 401 g/mol. The van der Waals surface area contributed by atoms with Crippen molar-refractivity contribution in [1.29, 1.82) is 0 Å². The smallest absolute Gasteiger partial charge is 0.237 e. The molecule has 1 aromatic rings. The Morgan fingerprint density at radius 2 is 1.86 bits per heavy atom. The zero-order valence-corrected chi connectivity index (χ0v) is 18.4. The first-order valence-corrected chi connectivity index (χ1v) is 12.4. The highest BCUT2D eigenvalue weighted by molar-refractivity contribution is 8.00. The Morgan fingerprint density at radius 1 is 1.11 bits per heavy atom. The van der Waals surface area contributed by atoms with Gasteiger partial charge in [-0.1, -0.05) is 51.7 Å². The van der Waals surface area contributed by atoms with Crippen molar-refractivity contribution in [3.63, 3.8) is 0 Å². The lowest BCUT2D eigenvalue weighted by atomic mass is 9.86. The molecule has 28 heavy (non-hydrogen) atoms. The average Bonchev–Trinajstić information content (AvgIpc) is 2.92. The van der Waals surface area contributed by atoms with E-state index >= 15 is 0 Å². The number of carbonyl (C=O) groups is 1. The number of benzene rings is 1. The molecule has 0 spiro atoms. The lowest BCUT2D eigenvalue weighted by Gasteiger charge is -2.41. The van der Waals surface area contributed by atoms with Crippen LogP contribution < -0.4 is 4.90 Å². The summed E-state index contributed by atoms with van der Waals surface area (Å²) in [7, 11) is 0. The number of anilines is 1. The van der Waals surface area contributed by atoms with Crippen LogP contribution in [0, 0.1) is 11.8 Å². The van der Waals surface area contributed by atoms with Gasteiger partial charge in [-0.3, -0.25) is 9.69 Å². The largest absolute Gasteiger partial charge is 0.310 e. The second-order valence-electron chi connectivity index (χ2n) is 9.28. The molecule has 3 aliphatic heterocycles. The number of para-hydroxylation sites is 1. The van der Waals surface area contributed by atoms with Crippen LogP contribution in [0.3, 0.4) is 0 Å². The van der Waals surface area contributed by atoms with E-state index in [2.05, 4.69) is 47.9 Å². The van der Waals surface area contributed by atoms with Gasteiger partial charge in [0.1, 0.15) is 0 Å². The summed E-state index contributed by atoms with van der Waals surface area (Å²) in [6.45, 7) is 6.64. The molecule has 4 atom stereocenters. The molecule has 0 N–H and O–H groups in total. The predicted molar refractivity (Wildman–Crippen MR) is 119 cm³/mol. The monoisotopic (exact) mass is 400 g/mol. The minimum atomic E-state index is 0.271. The van der Waals surface area contributed by atoms with Crippen LogP contribution in [0.2, 0.25) is 0 Å². The third-order valence-electron chi connectivity index (χ3n) is 7.02. The zero-order valence-electron chi connectivity index (χ0n) is 17.6. The SMILES string of the molecule is CCCCCC1CC2CC[C@H](C1)N2CC(C)CN1C(=O)CSc2ccccc21. The summed E-state index contributed by atoms with van der Waals surface area (Å²) in [6, 6.07) is 9.98. The van der Waals surface area contributed by atoms with Crippen molar-refractivity contribution in [1.82, 2.24) is 4.90 Å². The van der Waals surface area contributed by atoms with Gasteiger partial charge < -0.3 is 4.90 Å². The van der Waals surface area contributed by atoms with Crippen molar-refractivity contribution in [2.75, 3.05) is 23.7 Å². The van der Waals surface area contributed by atoms with E-state index in [0.717, 1.165) is 36.8 Å². The fourth-order valence-electron chi connectivity index (χ4n) is 5.69. The fourth-order valence-corrected chi connectivity index (χ4v) is 6.62. The standard InChI is InChI=1S/C24H36N2OS/c1-3-4-5-8-19-13-20-11-12-21(14-19)25(20)15-18(2)16-26-22-9-6-7-10-23(22)28-17-24(26)27/h6-7,9-10,18-21H,3-5,8,11-17H2,1-2H3/t18?,19?,20-,21?/m1/s1. The Bertz CT molecular complexity index is 664. The van der Waals surface area contributed by atoms with Gasteiger partial charge in [-0.15, -0.1) is 11.8 Å². The van der Waals surface area contributed by atoms with Gasteiger partial charge in [0, 0.05) is 30.1 Å². The summed E-state index contributed by atoms with van der Waals surface area (Å²) in [5.74, 6) is 2.33. The molecule has 3 heterocycles. The van der Waals surface area contributed by atoms with Crippen molar-refractivity contribution >= 4 is 23.4 Å². The Balaban J connectivity index is 1.34. The molecule has 0 radical (unpaired) electrons. The second-order valence-corrected chi connectivity index (χ2v) is 10.3. The molecule has 4 heteroatoms. The first-order chi connectivity index (χ1) is 13.7. The van der Waals surface area contributed by atoms with E-state index in [1.807, 2.05) is 0 Å². The van der Waals surface area contributed by atoms with Crippen molar-refractivity contribution < 1.29 is 4.79 Å². The molecule has 3 aliphatic rings. The first kappa shape index (κ1) is 20.3. The van der Waals surface area contributed by atoms with Crippen LogP contribution in [0.25, 0.3) is 0 Å². The number of piperidine rings is 1. The molecular weight excluding hydrogens is 364 g/mol. The normalized spacial score (nSPS) is 28.4. The van der Waals surface area contributed by atoms with E-state index in [0.29, 0.717) is 11.7 Å². The van der Waals surface area contributed by atoms with Gasteiger partial charge >= 0.3 is 0 Å². The predicted octanol–water partition coefficient (Wildman–Crippen LogP) is 5.58. The molecule has 0 saturated carbocycles. The lowest BCUT2D eigenvalue weighted by molar-refractivity contribution is -0.116. The highest BCUT2D eigenvalue weighted by Crippen LogP contribution is 2.41. The van der Waals surface area contributed by atoms with Crippen LogP contribution in [0.5, 0.6) is 0 Å². The van der Waals surface area contributed by atoms with Crippen LogP contribution in [0.4, 0.5) is 5.69 Å². The van der Waals surface area contributed by atoms with Crippen molar-refractivity contribution in [2.24, 2.45) is 11.8 Å². The number of fused-ring (bicyclic) bond motifs is 3. The van der Waals surface area contributed by atoms with Gasteiger partial charge in [-0.25, -0.2) is 0 Å². The zero-order chi connectivity index (χ0) is 19.5. The fraction of sp³-hybridized carbons (Fsp3) is 0.708. The second kappa shape index (κ2) is 9.21. The van der Waals surface area contributed by atoms with Crippen molar-refractivity contribution in [3.05, 3.63) is 24.3 Å². The minimum absolute atomic E-state index is 0.271. The van der Waals surface area contributed by atoms with Crippen LogP contribution in [-0.4, -0.2) is 41.7 Å². The number of unbranched alkanes of at least 4 members (excludes halogenated alkanes) is 2. The highest BCUT2D eigenvalue weighted by atomic mass is 32.2. The molecule has 0 aromatic heterocycles. The van der Waals surface area contributed by atoms with Crippen LogP contribution in [0.15, 0.2) is 29.2 Å². The molecule has 2 saturated heterocycles. The van der Waals surface area contributed by atoms with Gasteiger partial charge in [0.2, 0.25) is 5.91 Å². The molecular formula is C24H36N2OS. The van der Waals surface area contributed by atoms with E-state index in [1.54, 1.807) is 11.8 Å². The molecule has 3 unspecified atom stereocenters. The van der Waals surface area contributed by atoms with E-state index in [4.69, 9.17) is 0 Å². The van der Waals surface area contributed by atoms with Gasteiger partial charge in [0.15, 0.2) is 0 Å². The molecule has 2 bridgehead atoms. The first-order valence-electron chi connectivity index (χ1n) is 11.4. The summed E-state index contributed by atoms with van der Waals surface area (Å²) in [6.07, 6.45) is 11.2. The number of amides is 1. The number of carbonyl (C=O) groups excluding carboxylic acids is 1. The Labute approximate surface area is 175 Å². The molecule has 3 nitrogen and oxygen atoms in total. The molecule has 1 aromatic carbocycles. The topological polar surface area (TPSA) is 23.6 Å². The van der Waals surface area contributed by atoms with Crippen LogP contribution in [0.1, 0.15) is 65.2 Å². The van der Waals surface area contributed by atoms with E-state index < -0.39 is 0 Å². The Morgan fingerprint density at radius 3 is 2.61 bits per heavy atom. The molecule has 1 amide bonds. The minimum Gasteiger partial charge on any atom is -0.310 e. The molecule has 2 fully saturated rings. The summed E-state index contributed by atoms with van der Waals surface area (Å²) >= 11 is 1.68. The van der Waals surface area contributed by atoms with Crippen LogP contribution in [-0.2, 0) is 4.79 Å². The number of nitrogens with zero attached hydrogens (tertiary/aromatic N) is 2. The maximum absolute atomic E-state index is 12.6. The molecule has 154 valence electrons. The Kier molecular flexibility index (Phi) is 6.67. The third-order valence-corrected chi connectivity index (χ3v) is 8.07. The maximum Gasteiger partial charge on any atom is 0.237 e. The summed E-state index contributed by atoms with van der Waals surface area (Å²) < 4.78 is 0. The highest BCUT2D eigenvalue weighted by Gasteiger charge is 2.40. The van der Waals surface area contributed by atoms with Crippen molar-refractivity contribution in [2.45, 2.75) is 82.2 Å². The summed E-state index contributed by atoms with van der Waals surface area (Å²) in [5, 5.41) is 0. The van der Waals surface area contributed by atoms with Crippen molar-refractivity contribution in [3.8, 4) is 0 Å². The third kappa shape index (κ3) is 4.43. The molecule has 4 rings (SSSR count). The maximum atomic E-state index is 12.6. The van der Waals surface area contributed by atoms with E-state index in [9.17, 15) is 4.79 Å². The van der Waals surface area contributed by atoms with Crippen LogP contribution >= 0.6 is 11.8 Å². The molecule has 0 aliphatic carbocycles. The van der Waals surface area contributed by atoms with Gasteiger partial charge in [-0.2, -0.15) is 0 Å². The number of hydrogen-bond donors (Lipinski definition) is 0. The lowest BCUT2D eigenvalue weighted by Crippen LogP contribution is -2.47. The number of rotatable bonds is 8. The Hall–Kier alpha value is -1.00. The number of hydrogen-bond acceptors (Lipinski definition) is 3. The van der Waals surface area contributed by atoms with Gasteiger partial charge in [0.05, 0.1) is 11.4 Å². The number of thioether (sulfide) groups is 1.